The zero-order chi connectivity index (χ0) is 58.5. The summed E-state index contributed by atoms with van der Waals surface area (Å²) in [5.74, 6) is -0.988. The largest absolute Gasteiger partial charge is 0.462 e. The van der Waals surface area contributed by atoms with Crippen LogP contribution in [0.15, 0.2) is 134 Å². The second kappa shape index (κ2) is 68.1. The van der Waals surface area contributed by atoms with E-state index in [1.807, 2.05) is 6.08 Å². The van der Waals surface area contributed by atoms with Crippen LogP contribution in [-0.2, 0) is 28.6 Å². The summed E-state index contributed by atoms with van der Waals surface area (Å²) in [6.07, 6.45) is 96.3. The second-order valence-corrected chi connectivity index (χ2v) is 22.0. The lowest BCUT2D eigenvalue weighted by Gasteiger charge is -2.18. The van der Waals surface area contributed by atoms with Crippen LogP contribution < -0.4 is 0 Å². The number of carbonyl (C=O) groups is 3. The first-order valence-corrected chi connectivity index (χ1v) is 33.7. The molecule has 0 spiro atoms. The van der Waals surface area contributed by atoms with Crippen molar-refractivity contribution < 1.29 is 28.6 Å². The number of ether oxygens (including phenoxy) is 3. The van der Waals surface area contributed by atoms with Crippen LogP contribution in [0.1, 0.15) is 303 Å². The van der Waals surface area contributed by atoms with Crippen LogP contribution in [0.2, 0.25) is 0 Å². The van der Waals surface area contributed by atoms with Crippen molar-refractivity contribution in [2.45, 2.75) is 309 Å². The van der Waals surface area contributed by atoms with Gasteiger partial charge in [-0.05, 0) is 122 Å². The van der Waals surface area contributed by atoms with Gasteiger partial charge in [0.25, 0.3) is 0 Å². The molecule has 0 saturated carbocycles. The summed E-state index contributed by atoms with van der Waals surface area (Å²) < 4.78 is 16.9. The topological polar surface area (TPSA) is 78.9 Å². The fraction of sp³-hybridized carbons (Fsp3) is 0.667. The molecule has 0 aliphatic carbocycles. The fourth-order valence-electron chi connectivity index (χ4n) is 9.16. The molecule has 460 valence electrons. The van der Waals surface area contributed by atoms with E-state index in [9.17, 15) is 14.4 Å². The molecule has 0 bridgehead atoms. The Labute approximate surface area is 500 Å². The smallest absolute Gasteiger partial charge is 0.306 e. The van der Waals surface area contributed by atoms with Crippen molar-refractivity contribution in [2.24, 2.45) is 0 Å². The zero-order valence-electron chi connectivity index (χ0n) is 52.8. The van der Waals surface area contributed by atoms with Gasteiger partial charge < -0.3 is 14.2 Å². The van der Waals surface area contributed by atoms with Gasteiger partial charge in [-0.15, -0.1) is 0 Å². The number of hydrogen-bond acceptors (Lipinski definition) is 6. The van der Waals surface area contributed by atoms with Crippen molar-refractivity contribution in [1.29, 1.82) is 0 Å². The van der Waals surface area contributed by atoms with Crippen molar-refractivity contribution in [1.82, 2.24) is 0 Å². The third-order valence-electron chi connectivity index (χ3n) is 14.1. The summed E-state index contributed by atoms with van der Waals surface area (Å²) in [7, 11) is 0. The number of hydrogen-bond donors (Lipinski definition) is 0. The Hall–Kier alpha value is -4.45. The predicted molar refractivity (Wildman–Crippen MR) is 353 cm³/mol. The lowest BCUT2D eigenvalue weighted by Crippen LogP contribution is -2.30. The second-order valence-electron chi connectivity index (χ2n) is 22.0. The summed E-state index contributed by atoms with van der Waals surface area (Å²) in [6.45, 7) is 6.35. The van der Waals surface area contributed by atoms with Gasteiger partial charge in [-0.1, -0.05) is 296 Å². The van der Waals surface area contributed by atoms with E-state index in [4.69, 9.17) is 14.2 Å². The molecular weight excluding hydrogens is 997 g/mol. The van der Waals surface area contributed by atoms with Gasteiger partial charge in [-0.2, -0.15) is 0 Å². The maximum absolute atomic E-state index is 12.9. The molecule has 0 rings (SSSR count). The highest BCUT2D eigenvalue weighted by atomic mass is 16.6. The van der Waals surface area contributed by atoms with Gasteiger partial charge in [0.2, 0.25) is 0 Å². The minimum absolute atomic E-state index is 0.103. The van der Waals surface area contributed by atoms with Crippen molar-refractivity contribution in [3.63, 3.8) is 0 Å². The van der Waals surface area contributed by atoms with E-state index in [1.165, 1.54) is 154 Å². The average Bonchev–Trinajstić information content (AvgIpc) is 3.46. The Morgan fingerprint density at radius 1 is 0.259 bits per heavy atom. The van der Waals surface area contributed by atoms with E-state index >= 15 is 0 Å². The van der Waals surface area contributed by atoms with E-state index in [1.54, 1.807) is 0 Å². The molecule has 81 heavy (non-hydrogen) atoms. The van der Waals surface area contributed by atoms with Crippen LogP contribution in [-0.4, -0.2) is 37.2 Å². The standard InChI is InChI=1S/C75H124O6/c1-4-7-10-13-16-19-22-25-27-29-30-31-32-33-34-35-36-37-38-39-40-41-42-43-44-46-47-50-53-56-59-62-65-68-74(77)80-71-72(70-79-73(76)67-64-61-58-55-52-49-24-21-18-15-12-9-6-3)81-75(78)69-66-63-60-57-54-51-48-45-28-26-23-20-17-14-11-8-5-2/h7,9-10,12,16,18-19,21,25-28,30-31,33-34,36-37,49,52,58,61,72H,4-6,8,11,13-15,17,20,22-24,29,32,35,38-48,50-51,53-57,59-60,62-71H2,1-3H3/b10-7-,12-9-,19-16-,21-18-,27-25-,28-26-,31-30-,34-33-,37-36-,52-49-,61-58-. The van der Waals surface area contributed by atoms with Gasteiger partial charge in [0.15, 0.2) is 6.10 Å². The highest BCUT2D eigenvalue weighted by Crippen LogP contribution is 2.16. The number of unbranched alkanes of at least 4 members (excludes halogenated alkanes) is 27. The van der Waals surface area contributed by atoms with Crippen molar-refractivity contribution in [3.05, 3.63) is 134 Å². The van der Waals surface area contributed by atoms with E-state index in [2.05, 4.69) is 148 Å². The maximum atomic E-state index is 12.9. The quantitative estimate of drug-likeness (QED) is 0.0261. The Balaban J connectivity index is 4.25. The monoisotopic (exact) mass is 1120 g/mol. The first-order chi connectivity index (χ1) is 40.0. The minimum Gasteiger partial charge on any atom is -0.462 e. The van der Waals surface area contributed by atoms with Crippen LogP contribution in [0, 0.1) is 0 Å². The van der Waals surface area contributed by atoms with E-state index in [-0.39, 0.29) is 37.5 Å². The predicted octanol–water partition coefficient (Wildman–Crippen LogP) is 23.3. The van der Waals surface area contributed by atoms with Crippen molar-refractivity contribution in [2.75, 3.05) is 13.2 Å². The molecule has 1 atom stereocenters. The normalized spacial score (nSPS) is 13.0. The molecule has 0 heterocycles. The molecule has 0 aromatic carbocycles. The third kappa shape index (κ3) is 66.2. The molecule has 0 aromatic rings. The van der Waals surface area contributed by atoms with Crippen molar-refractivity contribution >= 4 is 17.9 Å². The Morgan fingerprint density at radius 3 is 0.840 bits per heavy atom. The molecule has 6 nitrogen and oxygen atoms in total. The molecule has 0 saturated heterocycles. The molecule has 0 aliphatic heterocycles. The summed E-state index contributed by atoms with van der Waals surface area (Å²) >= 11 is 0. The maximum Gasteiger partial charge on any atom is 0.306 e. The SMILES string of the molecule is CC/C=C\C/C=C\C/C=C\C/C=C\C/C=C\C/C=C\CCCCCCCCCCCCCCCCC(=O)OCC(COC(=O)CC/C=C\C/C=C\C/C=C\C/C=C\CC)OC(=O)CCCCCCCCC/C=C\CCCCCCCC. The molecular formula is C75H124O6. The third-order valence-corrected chi connectivity index (χ3v) is 14.1. The molecule has 6 heteroatoms. The molecule has 1 unspecified atom stereocenters. The first-order valence-electron chi connectivity index (χ1n) is 33.7. The molecule has 0 fully saturated rings. The van der Waals surface area contributed by atoms with Crippen LogP contribution in [0.3, 0.4) is 0 Å². The van der Waals surface area contributed by atoms with Crippen LogP contribution in [0.4, 0.5) is 0 Å². The van der Waals surface area contributed by atoms with E-state index in [0.717, 1.165) is 103 Å². The molecule has 0 N–H and O–H groups in total. The number of rotatable bonds is 60. The lowest BCUT2D eigenvalue weighted by atomic mass is 10.0. The molecule has 0 aliphatic rings. The number of esters is 3. The van der Waals surface area contributed by atoms with Crippen molar-refractivity contribution in [3.8, 4) is 0 Å². The van der Waals surface area contributed by atoms with Crippen LogP contribution >= 0.6 is 0 Å². The molecule has 0 amide bonds. The first kappa shape index (κ1) is 76.5. The van der Waals surface area contributed by atoms with Gasteiger partial charge in [0.05, 0.1) is 0 Å². The molecule has 0 radical (unpaired) electrons. The summed E-state index contributed by atoms with van der Waals surface area (Å²) in [5, 5.41) is 0. The van der Waals surface area contributed by atoms with Gasteiger partial charge in [0.1, 0.15) is 13.2 Å². The average molecular weight is 1120 g/mol. The summed E-state index contributed by atoms with van der Waals surface area (Å²) in [5.41, 5.74) is 0. The van der Waals surface area contributed by atoms with Gasteiger partial charge in [0, 0.05) is 19.3 Å². The fourth-order valence-corrected chi connectivity index (χ4v) is 9.16. The number of allylic oxidation sites excluding steroid dienone is 22. The zero-order valence-corrected chi connectivity index (χ0v) is 52.8. The summed E-state index contributed by atoms with van der Waals surface area (Å²) in [6, 6.07) is 0. The van der Waals surface area contributed by atoms with Gasteiger partial charge >= 0.3 is 17.9 Å². The van der Waals surface area contributed by atoms with Gasteiger partial charge in [-0.3, -0.25) is 14.4 Å². The van der Waals surface area contributed by atoms with E-state index in [0.29, 0.717) is 19.3 Å². The Kier molecular flexibility index (Phi) is 64.3. The number of carbonyl (C=O) groups excluding carboxylic acids is 3. The highest BCUT2D eigenvalue weighted by Gasteiger charge is 2.19. The highest BCUT2D eigenvalue weighted by molar-refractivity contribution is 5.71. The Morgan fingerprint density at radius 2 is 0.506 bits per heavy atom. The Bertz CT molecular complexity index is 1720. The van der Waals surface area contributed by atoms with Gasteiger partial charge in [-0.25, -0.2) is 0 Å². The lowest BCUT2D eigenvalue weighted by molar-refractivity contribution is -0.166. The molecule has 0 aromatic heterocycles. The van der Waals surface area contributed by atoms with E-state index < -0.39 is 6.10 Å². The van der Waals surface area contributed by atoms with Crippen LogP contribution in [0.5, 0.6) is 0 Å². The summed E-state index contributed by atoms with van der Waals surface area (Å²) in [4.78, 5) is 38.3. The van der Waals surface area contributed by atoms with Crippen LogP contribution in [0.25, 0.3) is 0 Å². The minimum atomic E-state index is -0.813.